The van der Waals surface area contributed by atoms with Gasteiger partial charge in [0, 0.05) is 19.5 Å². The van der Waals surface area contributed by atoms with Crippen molar-refractivity contribution in [2.75, 3.05) is 11.9 Å². The zero-order valence-electron chi connectivity index (χ0n) is 11.1. The first-order chi connectivity index (χ1) is 9.63. The van der Waals surface area contributed by atoms with E-state index < -0.39 is 0 Å². The Morgan fingerprint density at radius 1 is 1.45 bits per heavy atom. The van der Waals surface area contributed by atoms with E-state index in [0.717, 1.165) is 0 Å². The minimum atomic E-state index is -0.120. The summed E-state index contributed by atoms with van der Waals surface area (Å²) in [7, 11) is 0. The first kappa shape index (κ1) is 13.6. The van der Waals surface area contributed by atoms with E-state index in [9.17, 15) is 9.59 Å². The van der Waals surface area contributed by atoms with Gasteiger partial charge in [0.25, 0.3) is 5.56 Å². The molecule has 1 aromatic rings. The molecule has 1 aliphatic heterocycles. The Hall–Kier alpha value is -1.37. The van der Waals surface area contributed by atoms with Crippen molar-refractivity contribution in [1.82, 2.24) is 15.1 Å². The van der Waals surface area contributed by atoms with Crippen molar-refractivity contribution in [3.63, 3.8) is 0 Å². The van der Waals surface area contributed by atoms with E-state index in [1.54, 1.807) is 6.20 Å². The predicted octanol–water partition coefficient (Wildman–Crippen LogP) is 1.11. The number of halogens is 1. The zero-order valence-corrected chi connectivity index (χ0v) is 12.6. The van der Waals surface area contributed by atoms with Crippen molar-refractivity contribution < 1.29 is 4.79 Å². The average molecular weight is 341 g/mol. The first-order valence-electron chi connectivity index (χ1n) is 6.92. The van der Waals surface area contributed by atoms with Crippen molar-refractivity contribution >= 4 is 27.5 Å². The number of carbonyl (C=O) groups is 1. The third-order valence-electron chi connectivity index (χ3n) is 3.98. The van der Waals surface area contributed by atoms with Gasteiger partial charge < -0.3 is 10.6 Å². The second-order valence-electron chi connectivity index (χ2n) is 5.50. The van der Waals surface area contributed by atoms with Crippen LogP contribution < -0.4 is 16.2 Å². The maximum atomic E-state index is 12.4. The monoisotopic (exact) mass is 340 g/mol. The number of nitrogens with one attached hydrogen (secondary N) is 2. The summed E-state index contributed by atoms with van der Waals surface area (Å²) in [5, 5.41) is 10.1. The highest BCUT2D eigenvalue weighted by molar-refractivity contribution is 9.10. The molecule has 2 fully saturated rings. The minimum absolute atomic E-state index is 0.0162. The lowest BCUT2D eigenvalue weighted by atomic mass is 9.85. The first-order valence-corrected chi connectivity index (χ1v) is 7.71. The van der Waals surface area contributed by atoms with Gasteiger partial charge >= 0.3 is 0 Å². The van der Waals surface area contributed by atoms with Gasteiger partial charge in [-0.1, -0.05) is 6.42 Å². The predicted molar refractivity (Wildman–Crippen MR) is 78.6 cm³/mol. The van der Waals surface area contributed by atoms with E-state index in [1.807, 2.05) is 0 Å². The molecule has 1 atom stereocenters. The molecule has 0 aromatic carbocycles. The molecule has 20 heavy (non-hydrogen) atoms. The van der Waals surface area contributed by atoms with Gasteiger partial charge in [0.15, 0.2) is 0 Å². The van der Waals surface area contributed by atoms with Crippen LogP contribution in [-0.2, 0) is 11.3 Å². The van der Waals surface area contributed by atoms with Crippen molar-refractivity contribution in [3.8, 4) is 0 Å². The lowest BCUT2D eigenvalue weighted by Crippen LogP contribution is -2.33. The van der Waals surface area contributed by atoms with E-state index in [4.69, 9.17) is 0 Å². The molecule has 1 saturated heterocycles. The summed E-state index contributed by atoms with van der Waals surface area (Å²) in [6, 6.07) is -0.0361. The van der Waals surface area contributed by atoms with Gasteiger partial charge in [0.2, 0.25) is 5.91 Å². The lowest BCUT2D eigenvalue weighted by molar-refractivity contribution is -0.119. The summed E-state index contributed by atoms with van der Waals surface area (Å²) in [5.74, 6) is 0.589. The van der Waals surface area contributed by atoms with Crippen molar-refractivity contribution in [3.05, 3.63) is 21.0 Å². The highest BCUT2D eigenvalue weighted by atomic mass is 79.9. The lowest BCUT2D eigenvalue weighted by Gasteiger charge is -2.25. The third kappa shape index (κ3) is 2.72. The molecule has 1 amide bonds. The van der Waals surface area contributed by atoms with Gasteiger partial charge in [0.05, 0.1) is 16.7 Å². The zero-order chi connectivity index (χ0) is 14.1. The summed E-state index contributed by atoms with van der Waals surface area (Å²) in [4.78, 5) is 23.7. The number of anilines is 1. The van der Waals surface area contributed by atoms with Crippen molar-refractivity contribution in [2.45, 2.75) is 38.3 Å². The van der Waals surface area contributed by atoms with Crippen LogP contribution in [0.1, 0.15) is 25.7 Å². The van der Waals surface area contributed by atoms with Crippen LogP contribution in [0, 0.1) is 5.92 Å². The van der Waals surface area contributed by atoms with Crippen LogP contribution in [0.4, 0.5) is 5.69 Å². The standard InChI is InChI=1S/C13H17BrN4O2/c14-10-6-16-18(7-8-2-1-3-8)13(20)12(10)17-9-4-11(19)15-5-9/h6,8-9,17H,1-5,7H2,(H,15,19). The van der Waals surface area contributed by atoms with Crippen LogP contribution in [0.3, 0.4) is 0 Å². The van der Waals surface area contributed by atoms with Crippen LogP contribution in [0.2, 0.25) is 0 Å². The SMILES string of the molecule is O=C1CC(Nc2c(Br)cnn(CC3CCC3)c2=O)CN1. The molecule has 0 radical (unpaired) electrons. The van der Waals surface area contributed by atoms with Crippen LogP contribution in [-0.4, -0.2) is 28.3 Å². The molecule has 108 valence electrons. The van der Waals surface area contributed by atoms with E-state index in [0.29, 0.717) is 35.6 Å². The molecule has 7 heteroatoms. The average Bonchev–Trinajstić information content (AvgIpc) is 2.77. The Balaban J connectivity index is 1.79. The molecule has 2 heterocycles. The maximum absolute atomic E-state index is 12.4. The molecule has 2 N–H and O–H groups in total. The fourth-order valence-corrected chi connectivity index (χ4v) is 2.94. The van der Waals surface area contributed by atoms with Crippen LogP contribution in [0.5, 0.6) is 0 Å². The number of hydrogen-bond acceptors (Lipinski definition) is 4. The number of aromatic nitrogens is 2. The van der Waals surface area contributed by atoms with Crippen LogP contribution >= 0.6 is 15.9 Å². The molecule has 0 spiro atoms. The van der Waals surface area contributed by atoms with Gasteiger partial charge in [-0.25, -0.2) is 4.68 Å². The Kier molecular flexibility index (Phi) is 3.78. The third-order valence-corrected chi connectivity index (χ3v) is 4.58. The molecule has 1 unspecified atom stereocenters. The van der Waals surface area contributed by atoms with Gasteiger partial charge in [-0.3, -0.25) is 9.59 Å². The summed E-state index contributed by atoms with van der Waals surface area (Å²) < 4.78 is 2.17. The smallest absolute Gasteiger partial charge is 0.291 e. The molecule has 2 aliphatic rings. The normalized spacial score (nSPS) is 22.4. The number of carbonyl (C=O) groups excluding carboxylic acids is 1. The minimum Gasteiger partial charge on any atom is -0.375 e. The largest absolute Gasteiger partial charge is 0.375 e. The Labute approximate surface area is 125 Å². The van der Waals surface area contributed by atoms with Gasteiger partial charge in [-0.05, 0) is 34.7 Å². The molecule has 0 bridgehead atoms. The maximum Gasteiger partial charge on any atom is 0.291 e. The van der Waals surface area contributed by atoms with E-state index in [-0.39, 0.29) is 17.5 Å². The van der Waals surface area contributed by atoms with E-state index in [1.165, 1.54) is 23.9 Å². The number of nitrogens with zero attached hydrogens (tertiary/aromatic N) is 2. The van der Waals surface area contributed by atoms with Crippen LogP contribution in [0.25, 0.3) is 0 Å². The molecule has 3 rings (SSSR count). The molecular weight excluding hydrogens is 324 g/mol. The fraction of sp³-hybridized carbons (Fsp3) is 0.615. The topological polar surface area (TPSA) is 76.0 Å². The quantitative estimate of drug-likeness (QED) is 0.860. The van der Waals surface area contributed by atoms with Gasteiger partial charge in [-0.15, -0.1) is 0 Å². The second kappa shape index (κ2) is 5.55. The van der Waals surface area contributed by atoms with Crippen molar-refractivity contribution in [1.29, 1.82) is 0 Å². The molecule has 6 nitrogen and oxygen atoms in total. The Morgan fingerprint density at radius 3 is 2.85 bits per heavy atom. The highest BCUT2D eigenvalue weighted by Crippen LogP contribution is 2.27. The molecule has 1 saturated carbocycles. The molecular formula is C13H17BrN4O2. The van der Waals surface area contributed by atoms with Gasteiger partial charge in [-0.2, -0.15) is 5.10 Å². The van der Waals surface area contributed by atoms with E-state index in [2.05, 4.69) is 31.7 Å². The molecule has 1 aromatic heterocycles. The summed E-state index contributed by atoms with van der Waals surface area (Å²) >= 11 is 3.36. The summed E-state index contributed by atoms with van der Waals surface area (Å²) in [6.45, 7) is 1.23. The Bertz CT molecular complexity index is 582. The number of hydrogen-bond donors (Lipinski definition) is 2. The summed E-state index contributed by atoms with van der Waals surface area (Å²) in [6.07, 6.45) is 5.64. The van der Waals surface area contributed by atoms with Gasteiger partial charge in [0.1, 0.15) is 5.69 Å². The van der Waals surface area contributed by atoms with Crippen molar-refractivity contribution in [2.24, 2.45) is 5.92 Å². The van der Waals surface area contributed by atoms with Crippen LogP contribution in [0.15, 0.2) is 15.5 Å². The fourth-order valence-electron chi connectivity index (χ4n) is 2.56. The number of rotatable bonds is 4. The highest BCUT2D eigenvalue weighted by Gasteiger charge is 2.24. The Morgan fingerprint density at radius 2 is 2.25 bits per heavy atom. The molecule has 1 aliphatic carbocycles. The van der Waals surface area contributed by atoms with E-state index >= 15 is 0 Å². The number of amides is 1. The second-order valence-corrected chi connectivity index (χ2v) is 6.36. The summed E-state index contributed by atoms with van der Waals surface area (Å²) in [5.41, 5.74) is 0.381.